The first-order valence-corrected chi connectivity index (χ1v) is 8.70. The van der Waals surface area contributed by atoms with Gasteiger partial charge in [-0.15, -0.1) is 11.3 Å². The Bertz CT molecular complexity index is 796. The van der Waals surface area contributed by atoms with Crippen LogP contribution in [0.1, 0.15) is 23.5 Å². The van der Waals surface area contributed by atoms with Crippen LogP contribution in [0, 0.1) is 6.92 Å². The van der Waals surface area contributed by atoms with Gasteiger partial charge in [0, 0.05) is 17.0 Å². The highest BCUT2D eigenvalue weighted by Crippen LogP contribution is 2.18. The maximum Gasteiger partial charge on any atom is 0.239 e. The van der Waals surface area contributed by atoms with E-state index in [1.807, 2.05) is 54.8 Å². The Morgan fingerprint density at radius 3 is 2.75 bits per heavy atom. The van der Waals surface area contributed by atoms with Gasteiger partial charge in [-0.1, -0.05) is 24.3 Å². The molecule has 0 saturated heterocycles. The van der Waals surface area contributed by atoms with Crippen molar-refractivity contribution in [1.82, 2.24) is 15.1 Å². The molecule has 0 spiro atoms. The number of thiophene rings is 1. The van der Waals surface area contributed by atoms with Gasteiger partial charge in [-0.25, -0.2) is 4.68 Å². The van der Waals surface area contributed by atoms with E-state index in [0.717, 1.165) is 11.4 Å². The fraction of sp³-hybridized carbons (Fsp3) is 0.222. The van der Waals surface area contributed by atoms with Crippen LogP contribution < -0.4 is 10.6 Å². The molecule has 0 fully saturated rings. The second kappa shape index (κ2) is 7.42. The zero-order chi connectivity index (χ0) is 16.9. The maximum atomic E-state index is 12.3. The van der Waals surface area contributed by atoms with Crippen LogP contribution in [0.25, 0.3) is 5.69 Å². The number of benzene rings is 1. The molecule has 3 rings (SSSR count). The van der Waals surface area contributed by atoms with E-state index in [4.69, 9.17) is 0 Å². The number of aromatic nitrogens is 2. The van der Waals surface area contributed by atoms with Crippen molar-refractivity contribution in [2.75, 3.05) is 11.9 Å². The minimum absolute atomic E-state index is 0.0875. The van der Waals surface area contributed by atoms with Crippen LogP contribution in [0.15, 0.2) is 53.9 Å². The largest absolute Gasteiger partial charge is 0.309 e. The lowest BCUT2D eigenvalue weighted by atomic mass is 10.3. The minimum Gasteiger partial charge on any atom is -0.309 e. The van der Waals surface area contributed by atoms with Crippen LogP contribution in [-0.2, 0) is 4.79 Å². The van der Waals surface area contributed by atoms with E-state index in [1.165, 1.54) is 4.88 Å². The number of rotatable bonds is 6. The summed E-state index contributed by atoms with van der Waals surface area (Å²) in [6.45, 7) is 4.21. The summed E-state index contributed by atoms with van der Waals surface area (Å²) in [7, 11) is 0. The summed E-state index contributed by atoms with van der Waals surface area (Å²) in [5.41, 5.74) is 1.77. The molecule has 124 valence electrons. The molecule has 0 aliphatic rings. The fourth-order valence-corrected chi connectivity index (χ4v) is 3.18. The van der Waals surface area contributed by atoms with Gasteiger partial charge >= 0.3 is 0 Å². The molecule has 0 aliphatic heterocycles. The van der Waals surface area contributed by atoms with E-state index in [-0.39, 0.29) is 18.5 Å². The average molecular weight is 340 g/mol. The summed E-state index contributed by atoms with van der Waals surface area (Å²) in [6.07, 6.45) is 0. The van der Waals surface area contributed by atoms with Crippen LogP contribution in [-0.4, -0.2) is 22.2 Å². The number of anilines is 1. The van der Waals surface area contributed by atoms with Crippen molar-refractivity contribution >= 4 is 23.1 Å². The molecule has 0 aliphatic carbocycles. The number of hydrogen-bond acceptors (Lipinski definition) is 4. The Hall–Kier alpha value is -2.44. The van der Waals surface area contributed by atoms with E-state index in [1.54, 1.807) is 16.0 Å². The van der Waals surface area contributed by atoms with Gasteiger partial charge in [0.1, 0.15) is 5.82 Å². The molecular weight excluding hydrogens is 320 g/mol. The van der Waals surface area contributed by atoms with Gasteiger partial charge in [-0.2, -0.15) is 5.10 Å². The molecule has 2 aromatic heterocycles. The Morgan fingerprint density at radius 1 is 1.25 bits per heavy atom. The highest BCUT2D eigenvalue weighted by atomic mass is 32.1. The molecule has 5 nitrogen and oxygen atoms in total. The molecule has 2 heterocycles. The predicted molar refractivity (Wildman–Crippen MR) is 97.7 cm³/mol. The van der Waals surface area contributed by atoms with E-state index < -0.39 is 0 Å². The number of nitrogens with zero attached hydrogens (tertiary/aromatic N) is 2. The summed E-state index contributed by atoms with van der Waals surface area (Å²) in [5.74, 6) is 0.588. The Morgan fingerprint density at radius 2 is 2.04 bits per heavy atom. The Kier molecular flexibility index (Phi) is 5.08. The molecule has 24 heavy (non-hydrogen) atoms. The van der Waals surface area contributed by atoms with Gasteiger partial charge in [0.05, 0.1) is 17.9 Å². The number of aryl methyl sites for hydroxylation is 1. The zero-order valence-corrected chi connectivity index (χ0v) is 14.5. The van der Waals surface area contributed by atoms with Crippen molar-refractivity contribution in [2.24, 2.45) is 0 Å². The molecule has 2 N–H and O–H groups in total. The topological polar surface area (TPSA) is 59.0 Å². The van der Waals surface area contributed by atoms with Crippen molar-refractivity contribution in [3.8, 4) is 5.69 Å². The lowest BCUT2D eigenvalue weighted by Crippen LogP contribution is -2.30. The molecule has 0 bridgehead atoms. The van der Waals surface area contributed by atoms with Gasteiger partial charge in [0.25, 0.3) is 0 Å². The first kappa shape index (κ1) is 16.4. The SMILES string of the molecule is Cc1cc(NC(=O)CN[C@@H](C)c2cccs2)n(-c2ccccc2)n1. The normalized spacial score (nSPS) is 12.1. The summed E-state index contributed by atoms with van der Waals surface area (Å²) >= 11 is 1.68. The van der Waals surface area contributed by atoms with E-state index in [2.05, 4.69) is 28.7 Å². The maximum absolute atomic E-state index is 12.3. The average Bonchev–Trinajstić information content (AvgIpc) is 3.23. The lowest BCUT2D eigenvalue weighted by Gasteiger charge is -2.13. The Balaban J connectivity index is 1.65. The van der Waals surface area contributed by atoms with Crippen LogP contribution in [0.5, 0.6) is 0 Å². The molecule has 0 unspecified atom stereocenters. The van der Waals surface area contributed by atoms with E-state index in [9.17, 15) is 4.79 Å². The van der Waals surface area contributed by atoms with Crippen molar-refractivity contribution < 1.29 is 4.79 Å². The molecule has 3 aromatic rings. The number of amides is 1. The van der Waals surface area contributed by atoms with Gasteiger partial charge in [-0.3, -0.25) is 4.79 Å². The smallest absolute Gasteiger partial charge is 0.239 e. The third kappa shape index (κ3) is 3.90. The monoisotopic (exact) mass is 340 g/mol. The number of carbonyl (C=O) groups excluding carboxylic acids is 1. The third-order valence-corrected chi connectivity index (χ3v) is 4.69. The van der Waals surface area contributed by atoms with Crippen molar-refractivity contribution in [1.29, 1.82) is 0 Å². The van der Waals surface area contributed by atoms with E-state index >= 15 is 0 Å². The standard InChI is InChI=1S/C18H20N4OS/c1-13-11-17(22(21-13)15-7-4-3-5-8-15)20-18(23)12-19-14(2)16-9-6-10-24-16/h3-11,14,19H,12H2,1-2H3,(H,20,23)/t14-/m0/s1. The molecule has 1 amide bonds. The molecule has 1 atom stereocenters. The van der Waals surface area contributed by atoms with Crippen molar-refractivity contribution in [2.45, 2.75) is 19.9 Å². The zero-order valence-electron chi connectivity index (χ0n) is 13.7. The van der Waals surface area contributed by atoms with Crippen molar-refractivity contribution in [3.05, 3.63) is 64.5 Å². The number of hydrogen-bond donors (Lipinski definition) is 2. The highest BCUT2D eigenvalue weighted by Gasteiger charge is 2.12. The lowest BCUT2D eigenvalue weighted by molar-refractivity contribution is -0.115. The summed E-state index contributed by atoms with van der Waals surface area (Å²) in [4.78, 5) is 13.5. The fourth-order valence-electron chi connectivity index (χ4n) is 2.43. The van der Waals surface area contributed by atoms with Crippen molar-refractivity contribution in [3.63, 3.8) is 0 Å². The highest BCUT2D eigenvalue weighted by molar-refractivity contribution is 7.10. The van der Waals surface area contributed by atoms with Crippen LogP contribution in [0.2, 0.25) is 0 Å². The summed E-state index contributed by atoms with van der Waals surface area (Å²) < 4.78 is 1.75. The number of carbonyl (C=O) groups is 1. The predicted octanol–water partition coefficient (Wildman–Crippen LogP) is 3.53. The van der Waals surface area contributed by atoms with Gasteiger partial charge in [0.2, 0.25) is 5.91 Å². The second-order valence-electron chi connectivity index (χ2n) is 5.58. The van der Waals surface area contributed by atoms with Crippen LogP contribution >= 0.6 is 11.3 Å². The van der Waals surface area contributed by atoms with Gasteiger partial charge in [0.15, 0.2) is 0 Å². The number of para-hydroxylation sites is 1. The molecule has 1 aromatic carbocycles. The van der Waals surface area contributed by atoms with Gasteiger partial charge in [-0.05, 0) is 37.4 Å². The molecule has 0 saturated carbocycles. The summed E-state index contributed by atoms with van der Waals surface area (Å²) in [5, 5.41) is 12.7. The van der Waals surface area contributed by atoms with E-state index in [0.29, 0.717) is 5.82 Å². The third-order valence-electron chi connectivity index (χ3n) is 3.64. The van der Waals surface area contributed by atoms with Crippen LogP contribution in [0.3, 0.4) is 0 Å². The Labute approximate surface area is 145 Å². The second-order valence-corrected chi connectivity index (χ2v) is 6.56. The molecule has 0 radical (unpaired) electrons. The minimum atomic E-state index is -0.0875. The first-order valence-electron chi connectivity index (χ1n) is 7.82. The number of nitrogens with one attached hydrogen (secondary N) is 2. The van der Waals surface area contributed by atoms with Crippen LogP contribution in [0.4, 0.5) is 5.82 Å². The quantitative estimate of drug-likeness (QED) is 0.722. The molecular formula is C18H20N4OS. The molecule has 6 heteroatoms. The van der Waals surface area contributed by atoms with Gasteiger partial charge < -0.3 is 10.6 Å². The summed E-state index contributed by atoms with van der Waals surface area (Å²) in [6, 6.07) is 15.9. The first-order chi connectivity index (χ1) is 11.6.